The fraction of sp³-hybridized carbons (Fsp3) is 0.0952. The molecule has 7 heteroatoms. The highest BCUT2D eigenvalue weighted by molar-refractivity contribution is 7.90. The van der Waals surface area contributed by atoms with Gasteiger partial charge in [-0.15, -0.1) is 0 Å². The standard InChI is InChI=1S/C21H17ClO5S/c1-28(25,26)20-11-15(7-9-17(20)14-5-3-2-4-6-14)18-12-16(22)8-10-19(18)27-13-21(23)24/h2-12H,13H2,1H3,(H,23,24). The van der Waals surface area contributed by atoms with Gasteiger partial charge in [-0.1, -0.05) is 54.1 Å². The van der Waals surface area contributed by atoms with Crippen LogP contribution in [0.25, 0.3) is 22.3 Å². The Balaban J connectivity index is 2.17. The average Bonchev–Trinajstić information content (AvgIpc) is 2.66. The second kappa shape index (κ2) is 8.04. The van der Waals surface area contributed by atoms with Crippen LogP contribution in [0.5, 0.6) is 5.75 Å². The van der Waals surface area contributed by atoms with Gasteiger partial charge in [-0.05, 0) is 35.4 Å². The van der Waals surface area contributed by atoms with Crippen LogP contribution in [-0.4, -0.2) is 32.4 Å². The summed E-state index contributed by atoms with van der Waals surface area (Å²) in [5.74, 6) is -0.809. The number of aliphatic carboxylic acids is 1. The Hall–Kier alpha value is -2.83. The molecular weight excluding hydrogens is 400 g/mol. The van der Waals surface area contributed by atoms with Gasteiger partial charge in [0.25, 0.3) is 0 Å². The van der Waals surface area contributed by atoms with Gasteiger partial charge in [0.2, 0.25) is 0 Å². The first-order valence-electron chi connectivity index (χ1n) is 8.30. The van der Waals surface area contributed by atoms with Crippen LogP contribution in [0.4, 0.5) is 0 Å². The molecule has 0 heterocycles. The van der Waals surface area contributed by atoms with E-state index in [9.17, 15) is 13.2 Å². The van der Waals surface area contributed by atoms with Crippen LogP contribution in [0.1, 0.15) is 0 Å². The lowest BCUT2D eigenvalue weighted by Gasteiger charge is -2.14. The number of sulfone groups is 1. The largest absolute Gasteiger partial charge is 0.481 e. The molecule has 3 rings (SSSR count). The fourth-order valence-corrected chi connectivity index (χ4v) is 3.94. The maximum atomic E-state index is 12.4. The molecule has 0 aliphatic heterocycles. The van der Waals surface area contributed by atoms with Crippen molar-refractivity contribution in [1.82, 2.24) is 0 Å². The number of carboxylic acid groups (broad SMARTS) is 1. The highest BCUT2D eigenvalue weighted by Crippen LogP contribution is 2.37. The smallest absolute Gasteiger partial charge is 0.341 e. The predicted molar refractivity (Wildman–Crippen MR) is 109 cm³/mol. The third kappa shape index (κ3) is 4.52. The van der Waals surface area contributed by atoms with Crippen molar-refractivity contribution in [3.05, 3.63) is 71.8 Å². The molecule has 0 aromatic heterocycles. The van der Waals surface area contributed by atoms with Gasteiger partial charge in [0, 0.05) is 22.4 Å². The van der Waals surface area contributed by atoms with Crippen molar-refractivity contribution in [3.8, 4) is 28.0 Å². The van der Waals surface area contributed by atoms with Crippen LogP contribution in [-0.2, 0) is 14.6 Å². The molecule has 28 heavy (non-hydrogen) atoms. The molecule has 0 atom stereocenters. The first-order valence-corrected chi connectivity index (χ1v) is 10.6. The lowest BCUT2D eigenvalue weighted by Crippen LogP contribution is -2.10. The normalized spacial score (nSPS) is 11.2. The monoisotopic (exact) mass is 416 g/mol. The molecule has 3 aromatic rings. The van der Waals surface area contributed by atoms with E-state index in [-0.39, 0.29) is 4.90 Å². The molecule has 3 aromatic carbocycles. The summed E-state index contributed by atoms with van der Waals surface area (Å²) in [6.07, 6.45) is 1.15. The summed E-state index contributed by atoms with van der Waals surface area (Å²) in [5, 5.41) is 9.30. The van der Waals surface area contributed by atoms with Crippen molar-refractivity contribution in [1.29, 1.82) is 0 Å². The highest BCUT2D eigenvalue weighted by atomic mass is 35.5. The summed E-state index contributed by atoms with van der Waals surface area (Å²) in [7, 11) is -3.53. The maximum Gasteiger partial charge on any atom is 0.341 e. The van der Waals surface area contributed by atoms with E-state index in [0.29, 0.717) is 27.5 Å². The second-order valence-corrected chi connectivity index (χ2v) is 8.59. The topological polar surface area (TPSA) is 80.7 Å². The highest BCUT2D eigenvalue weighted by Gasteiger charge is 2.18. The number of halogens is 1. The Morgan fingerprint density at radius 3 is 2.32 bits per heavy atom. The number of rotatable bonds is 6. The number of hydrogen-bond donors (Lipinski definition) is 1. The van der Waals surface area contributed by atoms with Gasteiger partial charge >= 0.3 is 5.97 Å². The molecule has 0 radical (unpaired) electrons. The lowest BCUT2D eigenvalue weighted by atomic mass is 9.99. The summed E-state index contributed by atoms with van der Waals surface area (Å²) >= 11 is 6.10. The van der Waals surface area contributed by atoms with Gasteiger partial charge in [-0.3, -0.25) is 0 Å². The molecular formula is C21H17ClO5S. The first-order chi connectivity index (χ1) is 13.3. The van der Waals surface area contributed by atoms with E-state index >= 15 is 0 Å². The number of benzene rings is 3. The fourth-order valence-electron chi connectivity index (χ4n) is 2.85. The molecule has 5 nitrogen and oxygen atoms in total. The third-order valence-corrected chi connectivity index (χ3v) is 5.44. The molecule has 0 aliphatic carbocycles. The van der Waals surface area contributed by atoms with Crippen LogP contribution >= 0.6 is 11.6 Å². The average molecular weight is 417 g/mol. The van der Waals surface area contributed by atoms with E-state index in [1.54, 1.807) is 36.4 Å². The molecule has 0 saturated carbocycles. The second-order valence-electron chi connectivity index (χ2n) is 6.17. The van der Waals surface area contributed by atoms with E-state index in [1.807, 2.05) is 30.3 Å². The van der Waals surface area contributed by atoms with Gasteiger partial charge in [0.1, 0.15) is 5.75 Å². The minimum atomic E-state index is -3.53. The molecule has 0 bridgehead atoms. The summed E-state index contributed by atoms with van der Waals surface area (Å²) in [6, 6.07) is 19.0. The third-order valence-electron chi connectivity index (χ3n) is 4.07. The Kier molecular flexibility index (Phi) is 5.72. The molecule has 0 spiro atoms. The van der Waals surface area contributed by atoms with Crippen molar-refractivity contribution >= 4 is 27.4 Å². The molecule has 0 saturated heterocycles. The van der Waals surface area contributed by atoms with E-state index in [1.165, 1.54) is 0 Å². The molecule has 0 aliphatic rings. The zero-order valence-corrected chi connectivity index (χ0v) is 16.5. The Morgan fingerprint density at radius 2 is 1.68 bits per heavy atom. The summed E-state index contributed by atoms with van der Waals surface area (Å²) in [4.78, 5) is 11.0. The quantitative estimate of drug-likeness (QED) is 0.638. The summed E-state index contributed by atoms with van der Waals surface area (Å²) in [5.41, 5.74) is 2.44. The van der Waals surface area contributed by atoms with Crippen molar-refractivity contribution in [3.63, 3.8) is 0 Å². The van der Waals surface area contributed by atoms with Gasteiger partial charge < -0.3 is 9.84 Å². The van der Waals surface area contributed by atoms with Crippen molar-refractivity contribution in [2.45, 2.75) is 4.90 Å². The lowest BCUT2D eigenvalue weighted by molar-refractivity contribution is -0.139. The van der Waals surface area contributed by atoms with Gasteiger partial charge in [-0.2, -0.15) is 0 Å². The van der Waals surface area contributed by atoms with Gasteiger partial charge in [-0.25, -0.2) is 13.2 Å². The van der Waals surface area contributed by atoms with Crippen molar-refractivity contribution < 1.29 is 23.1 Å². The van der Waals surface area contributed by atoms with Crippen LogP contribution < -0.4 is 4.74 Å². The van der Waals surface area contributed by atoms with Gasteiger partial charge in [0.05, 0.1) is 4.90 Å². The maximum absolute atomic E-state index is 12.4. The summed E-state index contributed by atoms with van der Waals surface area (Å²) < 4.78 is 30.2. The van der Waals surface area contributed by atoms with E-state index in [4.69, 9.17) is 21.4 Å². The Morgan fingerprint density at radius 1 is 0.964 bits per heavy atom. The minimum Gasteiger partial charge on any atom is -0.481 e. The SMILES string of the molecule is CS(=O)(=O)c1cc(-c2cc(Cl)ccc2OCC(=O)O)ccc1-c1ccccc1. The van der Waals surface area contributed by atoms with Crippen LogP contribution in [0, 0.1) is 0 Å². The summed E-state index contributed by atoms with van der Waals surface area (Å²) in [6.45, 7) is -0.518. The van der Waals surface area contributed by atoms with Gasteiger partial charge in [0.15, 0.2) is 16.4 Å². The van der Waals surface area contributed by atoms with Crippen molar-refractivity contribution in [2.24, 2.45) is 0 Å². The number of carboxylic acids is 1. The molecule has 0 fully saturated rings. The van der Waals surface area contributed by atoms with Crippen LogP contribution in [0.3, 0.4) is 0 Å². The van der Waals surface area contributed by atoms with Crippen LogP contribution in [0.2, 0.25) is 5.02 Å². The van der Waals surface area contributed by atoms with E-state index in [0.717, 1.165) is 11.8 Å². The van der Waals surface area contributed by atoms with E-state index in [2.05, 4.69) is 0 Å². The molecule has 1 N–H and O–H groups in total. The molecule has 0 unspecified atom stereocenters. The number of carbonyl (C=O) groups is 1. The number of hydrogen-bond acceptors (Lipinski definition) is 4. The Labute approximate surface area is 168 Å². The molecule has 144 valence electrons. The zero-order valence-electron chi connectivity index (χ0n) is 14.9. The predicted octanol–water partition coefficient (Wildman–Crippen LogP) is 4.54. The van der Waals surface area contributed by atoms with Crippen molar-refractivity contribution in [2.75, 3.05) is 12.9 Å². The molecule has 0 amide bonds. The Bertz CT molecular complexity index is 1120. The minimum absolute atomic E-state index is 0.167. The van der Waals surface area contributed by atoms with E-state index < -0.39 is 22.4 Å². The first kappa shape index (κ1) is 19.9. The van der Waals surface area contributed by atoms with Crippen LogP contribution in [0.15, 0.2) is 71.6 Å². The number of ether oxygens (including phenoxy) is 1. The zero-order chi connectivity index (χ0) is 20.3.